The number of carbonyl (C=O) groups is 2. The number of carboxylic acids is 1. The van der Waals surface area contributed by atoms with Crippen molar-refractivity contribution in [2.45, 2.75) is 45.6 Å². The first kappa shape index (κ1) is 14.0. The minimum atomic E-state index is -0.943. The van der Waals surface area contributed by atoms with E-state index in [0.29, 0.717) is 13.0 Å². The molecule has 1 saturated heterocycles. The van der Waals surface area contributed by atoms with E-state index in [1.165, 1.54) is 0 Å². The van der Waals surface area contributed by atoms with Gasteiger partial charge in [-0.15, -0.1) is 0 Å². The second kappa shape index (κ2) is 6.00. The minimum Gasteiger partial charge on any atom is -0.480 e. The Labute approximate surface area is 102 Å². The highest BCUT2D eigenvalue weighted by molar-refractivity contribution is 5.87. The second-order valence-corrected chi connectivity index (χ2v) is 4.99. The predicted octanol–water partition coefficient (Wildman–Crippen LogP) is 0.746. The molecule has 1 heterocycles. The lowest BCUT2D eigenvalue weighted by Crippen LogP contribution is -2.48. The van der Waals surface area contributed by atoms with Crippen LogP contribution in [0.1, 0.15) is 39.5 Å². The van der Waals surface area contributed by atoms with Crippen LogP contribution in [0.25, 0.3) is 0 Å². The Bertz CT molecular complexity index is 285. The Kier molecular flexibility index (Phi) is 4.93. The van der Waals surface area contributed by atoms with Gasteiger partial charge in [0.25, 0.3) is 0 Å². The summed E-state index contributed by atoms with van der Waals surface area (Å²) in [5, 5.41) is 14.8. The van der Waals surface area contributed by atoms with Crippen LogP contribution >= 0.6 is 0 Å². The SMILES string of the molecule is CCCCC(NC(=O)C1(C)CCNC1)C(=O)O. The van der Waals surface area contributed by atoms with Crippen molar-refractivity contribution in [3.63, 3.8) is 0 Å². The van der Waals surface area contributed by atoms with Gasteiger partial charge in [-0.25, -0.2) is 4.79 Å². The first-order valence-electron chi connectivity index (χ1n) is 6.24. The molecule has 0 aromatic heterocycles. The maximum absolute atomic E-state index is 12.0. The molecule has 1 fully saturated rings. The topological polar surface area (TPSA) is 78.4 Å². The largest absolute Gasteiger partial charge is 0.480 e. The number of rotatable bonds is 6. The van der Waals surface area contributed by atoms with Crippen molar-refractivity contribution >= 4 is 11.9 Å². The van der Waals surface area contributed by atoms with E-state index in [2.05, 4.69) is 10.6 Å². The van der Waals surface area contributed by atoms with E-state index in [0.717, 1.165) is 25.8 Å². The third-order valence-electron chi connectivity index (χ3n) is 3.37. The molecule has 0 saturated carbocycles. The van der Waals surface area contributed by atoms with E-state index in [9.17, 15) is 9.59 Å². The molecule has 2 atom stereocenters. The zero-order valence-electron chi connectivity index (χ0n) is 10.6. The fourth-order valence-electron chi connectivity index (χ4n) is 2.01. The van der Waals surface area contributed by atoms with Gasteiger partial charge in [0.2, 0.25) is 5.91 Å². The third-order valence-corrected chi connectivity index (χ3v) is 3.37. The van der Waals surface area contributed by atoms with Gasteiger partial charge in [-0.2, -0.15) is 0 Å². The molecule has 3 N–H and O–H groups in total. The molecule has 0 aromatic rings. The highest BCUT2D eigenvalue weighted by Crippen LogP contribution is 2.24. The normalized spacial score (nSPS) is 25.5. The molecule has 0 bridgehead atoms. The number of carbonyl (C=O) groups excluding carboxylic acids is 1. The average Bonchev–Trinajstić information content (AvgIpc) is 2.72. The maximum Gasteiger partial charge on any atom is 0.326 e. The van der Waals surface area contributed by atoms with E-state index in [4.69, 9.17) is 5.11 Å². The summed E-state index contributed by atoms with van der Waals surface area (Å²) in [5.41, 5.74) is -0.458. The standard InChI is InChI=1S/C12H22N2O3/c1-3-4-5-9(10(15)16)14-11(17)12(2)6-7-13-8-12/h9,13H,3-8H2,1-2H3,(H,14,17)(H,15,16). The van der Waals surface area contributed by atoms with Crippen molar-refractivity contribution in [1.29, 1.82) is 0 Å². The summed E-state index contributed by atoms with van der Waals surface area (Å²) in [5.74, 6) is -1.09. The van der Waals surface area contributed by atoms with Crippen molar-refractivity contribution in [3.05, 3.63) is 0 Å². The molecule has 0 aliphatic carbocycles. The zero-order chi connectivity index (χ0) is 12.9. The summed E-state index contributed by atoms with van der Waals surface area (Å²) < 4.78 is 0. The van der Waals surface area contributed by atoms with Crippen LogP contribution in [-0.2, 0) is 9.59 Å². The van der Waals surface area contributed by atoms with Gasteiger partial charge in [-0.05, 0) is 26.3 Å². The van der Waals surface area contributed by atoms with Crippen molar-refractivity contribution in [3.8, 4) is 0 Å². The van der Waals surface area contributed by atoms with E-state index in [1.807, 2.05) is 13.8 Å². The van der Waals surface area contributed by atoms with Gasteiger partial charge in [-0.1, -0.05) is 19.8 Å². The number of nitrogens with one attached hydrogen (secondary N) is 2. The Morgan fingerprint density at radius 1 is 1.53 bits per heavy atom. The van der Waals surface area contributed by atoms with Crippen LogP contribution in [0, 0.1) is 5.41 Å². The lowest BCUT2D eigenvalue weighted by Gasteiger charge is -2.24. The molecule has 0 aromatic carbocycles. The first-order valence-corrected chi connectivity index (χ1v) is 6.24. The van der Waals surface area contributed by atoms with Gasteiger partial charge in [0.05, 0.1) is 5.41 Å². The molecule has 2 unspecified atom stereocenters. The van der Waals surface area contributed by atoms with Crippen molar-refractivity contribution in [2.75, 3.05) is 13.1 Å². The Hall–Kier alpha value is -1.10. The lowest BCUT2D eigenvalue weighted by molar-refractivity contribution is -0.143. The van der Waals surface area contributed by atoms with Crippen molar-refractivity contribution < 1.29 is 14.7 Å². The highest BCUT2D eigenvalue weighted by Gasteiger charge is 2.37. The summed E-state index contributed by atoms with van der Waals surface area (Å²) in [6, 6.07) is -0.750. The summed E-state index contributed by atoms with van der Waals surface area (Å²) in [7, 11) is 0. The number of amides is 1. The molecule has 1 rings (SSSR count). The van der Waals surface area contributed by atoms with Gasteiger partial charge in [0.15, 0.2) is 0 Å². The number of aliphatic carboxylic acids is 1. The van der Waals surface area contributed by atoms with E-state index in [1.54, 1.807) is 0 Å². The van der Waals surface area contributed by atoms with E-state index in [-0.39, 0.29) is 5.91 Å². The summed E-state index contributed by atoms with van der Waals surface area (Å²) in [4.78, 5) is 23.1. The van der Waals surface area contributed by atoms with Gasteiger partial charge < -0.3 is 15.7 Å². The van der Waals surface area contributed by atoms with Gasteiger partial charge in [0, 0.05) is 6.54 Å². The predicted molar refractivity (Wildman–Crippen MR) is 64.7 cm³/mol. The molecule has 1 amide bonds. The highest BCUT2D eigenvalue weighted by atomic mass is 16.4. The van der Waals surface area contributed by atoms with Crippen LogP contribution in [0.15, 0.2) is 0 Å². The van der Waals surface area contributed by atoms with E-state index < -0.39 is 17.4 Å². The molecule has 0 spiro atoms. The molecule has 5 heteroatoms. The van der Waals surface area contributed by atoms with Crippen molar-refractivity contribution in [2.24, 2.45) is 5.41 Å². The van der Waals surface area contributed by atoms with Crippen LogP contribution in [0.4, 0.5) is 0 Å². The van der Waals surface area contributed by atoms with Crippen LogP contribution in [0.3, 0.4) is 0 Å². The molecule has 98 valence electrons. The molecular formula is C12H22N2O3. The van der Waals surface area contributed by atoms with Gasteiger partial charge in [0.1, 0.15) is 6.04 Å². The third kappa shape index (κ3) is 3.70. The van der Waals surface area contributed by atoms with Gasteiger partial charge in [-0.3, -0.25) is 4.79 Å². The molecule has 1 aliphatic rings. The molecule has 1 aliphatic heterocycles. The molecular weight excluding hydrogens is 220 g/mol. The van der Waals surface area contributed by atoms with E-state index >= 15 is 0 Å². The fourth-order valence-corrected chi connectivity index (χ4v) is 2.01. The zero-order valence-corrected chi connectivity index (χ0v) is 10.6. The maximum atomic E-state index is 12.0. The van der Waals surface area contributed by atoms with Crippen LogP contribution in [0.2, 0.25) is 0 Å². The number of hydrogen-bond acceptors (Lipinski definition) is 3. The Morgan fingerprint density at radius 2 is 2.24 bits per heavy atom. The number of unbranched alkanes of at least 4 members (excludes halogenated alkanes) is 1. The summed E-state index contributed by atoms with van der Waals surface area (Å²) in [6.45, 7) is 5.32. The summed E-state index contributed by atoms with van der Waals surface area (Å²) in [6.07, 6.45) is 3.00. The Morgan fingerprint density at radius 3 is 2.71 bits per heavy atom. The lowest BCUT2D eigenvalue weighted by atomic mass is 9.88. The number of carboxylic acid groups (broad SMARTS) is 1. The summed E-state index contributed by atoms with van der Waals surface area (Å²) >= 11 is 0. The monoisotopic (exact) mass is 242 g/mol. The quantitative estimate of drug-likeness (QED) is 0.642. The molecule has 17 heavy (non-hydrogen) atoms. The van der Waals surface area contributed by atoms with Gasteiger partial charge >= 0.3 is 5.97 Å². The first-order chi connectivity index (χ1) is 7.99. The van der Waals surface area contributed by atoms with Crippen LogP contribution < -0.4 is 10.6 Å². The minimum absolute atomic E-state index is 0.147. The Balaban J connectivity index is 2.54. The second-order valence-electron chi connectivity index (χ2n) is 4.99. The molecule has 5 nitrogen and oxygen atoms in total. The van der Waals surface area contributed by atoms with Crippen LogP contribution in [-0.4, -0.2) is 36.1 Å². The smallest absolute Gasteiger partial charge is 0.326 e. The average molecular weight is 242 g/mol. The number of hydrogen-bond donors (Lipinski definition) is 3. The van der Waals surface area contributed by atoms with Crippen LogP contribution in [0.5, 0.6) is 0 Å². The molecule has 0 radical (unpaired) electrons. The fraction of sp³-hybridized carbons (Fsp3) is 0.833. The van der Waals surface area contributed by atoms with Crippen molar-refractivity contribution in [1.82, 2.24) is 10.6 Å².